The molecule has 37 heavy (non-hydrogen) atoms. The minimum atomic E-state index is -3.28. The van der Waals surface area contributed by atoms with E-state index < -0.39 is 15.8 Å². The van der Waals surface area contributed by atoms with Crippen LogP contribution >= 0.6 is 0 Å². The van der Waals surface area contributed by atoms with Gasteiger partial charge in [-0.3, -0.25) is 4.57 Å². The fourth-order valence-electron chi connectivity index (χ4n) is 4.63. The van der Waals surface area contributed by atoms with Crippen molar-refractivity contribution in [3.8, 4) is 5.75 Å². The summed E-state index contributed by atoms with van der Waals surface area (Å²) in [6, 6.07) is 13.7. The molecule has 1 fully saturated rings. The monoisotopic (exact) mass is 525 g/mol. The van der Waals surface area contributed by atoms with Crippen molar-refractivity contribution in [2.24, 2.45) is 0 Å². The van der Waals surface area contributed by atoms with Gasteiger partial charge >= 0.3 is 0 Å². The van der Waals surface area contributed by atoms with Gasteiger partial charge in [-0.1, -0.05) is 12.1 Å². The molecule has 194 valence electrons. The predicted molar refractivity (Wildman–Crippen MR) is 141 cm³/mol. The van der Waals surface area contributed by atoms with E-state index in [2.05, 4.69) is 25.3 Å². The molecule has 4 aromatic rings. The van der Waals surface area contributed by atoms with Crippen LogP contribution in [0.25, 0.3) is 11.2 Å². The summed E-state index contributed by atoms with van der Waals surface area (Å²) >= 11 is 0. The molecule has 0 unspecified atom stereocenters. The van der Waals surface area contributed by atoms with Gasteiger partial charge in [0.1, 0.15) is 17.1 Å². The van der Waals surface area contributed by atoms with Gasteiger partial charge in [-0.15, -0.1) is 0 Å². The summed E-state index contributed by atoms with van der Waals surface area (Å²) < 4.78 is 47.7. The Balaban J connectivity index is 1.48. The number of para-hydroxylation sites is 1. The van der Waals surface area contributed by atoms with Crippen LogP contribution in [-0.4, -0.2) is 47.3 Å². The van der Waals surface area contributed by atoms with Crippen molar-refractivity contribution in [3.05, 3.63) is 60.5 Å². The fraction of sp³-hybridized carbons (Fsp3) is 0.320. The van der Waals surface area contributed by atoms with Crippen molar-refractivity contribution < 1.29 is 17.5 Å². The van der Waals surface area contributed by atoms with Crippen LogP contribution in [0.3, 0.4) is 0 Å². The lowest BCUT2D eigenvalue weighted by Gasteiger charge is -2.30. The Morgan fingerprint density at radius 3 is 2.41 bits per heavy atom. The lowest BCUT2D eigenvalue weighted by molar-refractivity contribution is 0.317. The average Bonchev–Trinajstić information content (AvgIpc) is 3.22. The third kappa shape index (κ3) is 5.81. The predicted octanol–water partition coefficient (Wildman–Crippen LogP) is 4.49. The van der Waals surface area contributed by atoms with E-state index in [9.17, 15) is 12.8 Å². The molecule has 1 aliphatic rings. The Bertz CT molecular complexity index is 1500. The average molecular weight is 526 g/mol. The molecule has 1 saturated carbocycles. The highest BCUT2D eigenvalue weighted by Crippen LogP contribution is 2.35. The lowest BCUT2D eigenvalue weighted by atomic mass is 9.91. The van der Waals surface area contributed by atoms with Gasteiger partial charge in [0.2, 0.25) is 21.9 Å². The van der Waals surface area contributed by atoms with Crippen molar-refractivity contribution in [2.45, 2.75) is 37.8 Å². The van der Waals surface area contributed by atoms with Gasteiger partial charge in [-0.2, -0.15) is 4.98 Å². The van der Waals surface area contributed by atoms with Crippen molar-refractivity contribution in [1.29, 1.82) is 0 Å². The Hall–Kier alpha value is -3.77. The second-order valence-electron chi connectivity index (χ2n) is 9.06. The van der Waals surface area contributed by atoms with Gasteiger partial charge in [-0.25, -0.2) is 27.5 Å². The molecular formula is C25H28FN7O3S. The maximum atomic E-state index is 14.5. The number of rotatable bonds is 8. The number of aromatic nitrogens is 4. The quantitative estimate of drug-likeness (QED) is 0.307. The van der Waals surface area contributed by atoms with E-state index in [0.717, 1.165) is 11.4 Å². The highest BCUT2D eigenvalue weighted by Gasteiger charge is 2.28. The number of sulfonamides is 1. The first-order chi connectivity index (χ1) is 17.8. The Morgan fingerprint density at radius 1 is 1.00 bits per heavy atom. The molecule has 0 radical (unpaired) electrons. The van der Waals surface area contributed by atoms with Crippen LogP contribution in [0, 0.1) is 5.82 Å². The van der Waals surface area contributed by atoms with Crippen LogP contribution < -0.4 is 20.1 Å². The molecule has 0 saturated heterocycles. The molecule has 2 heterocycles. The topological polar surface area (TPSA) is 123 Å². The number of imidazole rings is 1. The number of benzene rings is 2. The van der Waals surface area contributed by atoms with Gasteiger partial charge in [0.05, 0.1) is 25.2 Å². The first-order valence-electron chi connectivity index (χ1n) is 11.9. The third-order valence-electron chi connectivity index (χ3n) is 6.34. The molecular weight excluding hydrogens is 497 g/mol. The number of ether oxygens (including phenoxy) is 1. The maximum absolute atomic E-state index is 14.5. The molecule has 0 amide bonds. The zero-order valence-corrected chi connectivity index (χ0v) is 21.3. The normalized spacial score (nSPS) is 18.0. The summed E-state index contributed by atoms with van der Waals surface area (Å²) in [5.41, 5.74) is 2.26. The van der Waals surface area contributed by atoms with Crippen LogP contribution in [0.2, 0.25) is 0 Å². The molecule has 2 aromatic carbocycles. The zero-order chi connectivity index (χ0) is 26.0. The van der Waals surface area contributed by atoms with Gasteiger partial charge in [0.15, 0.2) is 5.65 Å². The van der Waals surface area contributed by atoms with Crippen molar-refractivity contribution in [3.63, 3.8) is 0 Å². The standard InChI is InChI=1S/C25H28FN7O3S/c1-36-19-13-9-16(10-14-19)28-24-27-15-22-23(31-24)33(18-11-7-17(8-12-18)32-37(2,34)35)25(30-22)29-21-6-4-3-5-20(21)26/h3-6,9-10,13-15,17-18,32H,7-8,11-12H2,1-2H3,(H,29,30)(H,27,28,31). The molecule has 0 atom stereocenters. The second kappa shape index (κ2) is 10.3. The lowest BCUT2D eigenvalue weighted by Crippen LogP contribution is -2.37. The van der Waals surface area contributed by atoms with Gasteiger partial charge in [0, 0.05) is 17.8 Å². The number of fused-ring (bicyclic) bond motifs is 1. The first kappa shape index (κ1) is 24.9. The smallest absolute Gasteiger partial charge is 0.229 e. The molecule has 2 aromatic heterocycles. The SMILES string of the molecule is COc1ccc(Nc2ncc3nc(Nc4ccccc4F)n(C4CCC(NS(C)(=O)=O)CC4)c3n2)cc1. The summed E-state index contributed by atoms with van der Waals surface area (Å²) in [5.74, 6) is 1.19. The van der Waals surface area contributed by atoms with Crippen LogP contribution in [0.1, 0.15) is 31.7 Å². The van der Waals surface area contributed by atoms with E-state index in [4.69, 9.17) is 9.72 Å². The zero-order valence-electron chi connectivity index (χ0n) is 20.5. The van der Waals surface area contributed by atoms with Gasteiger partial charge in [0.25, 0.3) is 0 Å². The largest absolute Gasteiger partial charge is 0.497 e. The third-order valence-corrected chi connectivity index (χ3v) is 7.10. The van der Waals surface area contributed by atoms with E-state index >= 15 is 0 Å². The Kier molecular flexibility index (Phi) is 6.94. The molecule has 10 nitrogen and oxygen atoms in total. The van der Waals surface area contributed by atoms with E-state index in [1.165, 1.54) is 12.3 Å². The van der Waals surface area contributed by atoms with E-state index in [0.29, 0.717) is 54.4 Å². The fourth-order valence-corrected chi connectivity index (χ4v) is 5.47. The summed E-state index contributed by atoms with van der Waals surface area (Å²) in [6.07, 6.45) is 5.55. The molecule has 5 rings (SSSR count). The second-order valence-corrected chi connectivity index (χ2v) is 10.8. The molecule has 1 aliphatic carbocycles. The summed E-state index contributed by atoms with van der Waals surface area (Å²) in [7, 11) is -1.67. The maximum Gasteiger partial charge on any atom is 0.229 e. The number of nitrogens with one attached hydrogen (secondary N) is 3. The molecule has 0 spiro atoms. The van der Waals surface area contributed by atoms with Gasteiger partial charge < -0.3 is 15.4 Å². The molecule has 3 N–H and O–H groups in total. The number of nitrogens with zero attached hydrogens (tertiary/aromatic N) is 4. The summed E-state index contributed by atoms with van der Waals surface area (Å²) in [6.45, 7) is 0. The van der Waals surface area contributed by atoms with Crippen LogP contribution in [0.4, 0.5) is 27.7 Å². The van der Waals surface area contributed by atoms with Crippen LogP contribution in [0.15, 0.2) is 54.7 Å². The number of hydrogen-bond donors (Lipinski definition) is 3. The molecule has 12 heteroatoms. The van der Waals surface area contributed by atoms with E-state index in [-0.39, 0.29) is 12.1 Å². The number of hydrogen-bond acceptors (Lipinski definition) is 8. The van der Waals surface area contributed by atoms with Crippen LogP contribution in [-0.2, 0) is 10.0 Å². The number of methoxy groups -OCH3 is 1. The summed E-state index contributed by atoms with van der Waals surface area (Å²) in [5, 5.41) is 6.32. The number of anilines is 4. The molecule has 0 aliphatic heterocycles. The van der Waals surface area contributed by atoms with Crippen molar-refractivity contribution >= 4 is 44.5 Å². The van der Waals surface area contributed by atoms with Gasteiger partial charge in [-0.05, 0) is 62.1 Å². The molecule has 0 bridgehead atoms. The minimum Gasteiger partial charge on any atom is -0.497 e. The minimum absolute atomic E-state index is 0.0133. The Labute approximate surface area is 214 Å². The summed E-state index contributed by atoms with van der Waals surface area (Å²) in [4.78, 5) is 13.8. The van der Waals surface area contributed by atoms with E-state index in [1.807, 2.05) is 28.8 Å². The van der Waals surface area contributed by atoms with E-state index in [1.54, 1.807) is 31.5 Å². The van der Waals surface area contributed by atoms with Crippen molar-refractivity contribution in [2.75, 3.05) is 24.0 Å². The highest BCUT2D eigenvalue weighted by molar-refractivity contribution is 7.88. The Morgan fingerprint density at radius 2 is 1.73 bits per heavy atom. The highest BCUT2D eigenvalue weighted by atomic mass is 32.2. The first-order valence-corrected chi connectivity index (χ1v) is 13.8. The van der Waals surface area contributed by atoms with Crippen molar-refractivity contribution in [1.82, 2.24) is 24.2 Å². The number of halogens is 1. The van der Waals surface area contributed by atoms with Crippen LogP contribution in [0.5, 0.6) is 5.75 Å².